The molecule has 1 amide bonds. The van der Waals surface area contributed by atoms with Crippen molar-refractivity contribution in [3.63, 3.8) is 0 Å². The molecule has 0 bridgehead atoms. The number of methoxy groups -OCH3 is 1. The summed E-state index contributed by atoms with van der Waals surface area (Å²) in [6.45, 7) is 6.07. The van der Waals surface area contributed by atoms with E-state index in [9.17, 15) is 4.79 Å². The van der Waals surface area contributed by atoms with Gasteiger partial charge in [0.2, 0.25) is 5.91 Å². The lowest BCUT2D eigenvalue weighted by Gasteiger charge is -2.34. The minimum Gasteiger partial charge on any atom is -0.496 e. The van der Waals surface area contributed by atoms with E-state index in [1.54, 1.807) is 13.3 Å². The van der Waals surface area contributed by atoms with Crippen LogP contribution in [0.25, 0.3) is 0 Å². The Morgan fingerprint density at radius 3 is 2.64 bits per heavy atom. The molecule has 1 aliphatic rings. The lowest BCUT2D eigenvalue weighted by atomic mass is 10.1. The lowest BCUT2D eigenvalue weighted by Crippen LogP contribution is -2.48. The number of carbonyl (C=O) groups excluding carboxylic acids is 1. The second-order valence-corrected chi connectivity index (χ2v) is 6.38. The van der Waals surface area contributed by atoms with E-state index in [0.29, 0.717) is 12.8 Å². The molecule has 25 heavy (non-hydrogen) atoms. The van der Waals surface area contributed by atoms with E-state index in [1.165, 1.54) is 0 Å². The van der Waals surface area contributed by atoms with Gasteiger partial charge >= 0.3 is 0 Å². The van der Waals surface area contributed by atoms with Gasteiger partial charge in [-0.2, -0.15) is 0 Å². The number of rotatable bonds is 6. The van der Waals surface area contributed by atoms with Crippen molar-refractivity contribution in [2.24, 2.45) is 0 Å². The number of amides is 1. The zero-order chi connectivity index (χ0) is 17.6. The number of nitrogens with zero attached hydrogens (tertiary/aromatic N) is 3. The third-order valence-electron chi connectivity index (χ3n) is 4.77. The third kappa shape index (κ3) is 4.39. The molecule has 0 radical (unpaired) electrons. The molecule has 1 fully saturated rings. The van der Waals surface area contributed by atoms with Crippen LogP contribution in [-0.4, -0.2) is 54.2 Å². The molecule has 2 aromatic rings. The van der Waals surface area contributed by atoms with E-state index >= 15 is 0 Å². The summed E-state index contributed by atoms with van der Waals surface area (Å²) in [5.74, 6) is 1.94. The summed E-state index contributed by atoms with van der Waals surface area (Å²) in [7, 11) is 1.66. The van der Waals surface area contributed by atoms with Gasteiger partial charge in [-0.15, -0.1) is 0 Å². The Kier molecular flexibility index (Phi) is 5.71. The predicted octanol–water partition coefficient (Wildman–Crippen LogP) is 2.27. The van der Waals surface area contributed by atoms with Gasteiger partial charge in [-0.05, 0) is 25.0 Å². The smallest absolute Gasteiger partial charge is 0.222 e. The molecule has 1 aliphatic heterocycles. The third-order valence-corrected chi connectivity index (χ3v) is 4.77. The number of para-hydroxylation sites is 1. The van der Waals surface area contributed by atoms with Crippen LogP contribution in [0.5, 0.6) is 5.75 Å². The van der Waals surface area contributed by atoms with Gasteiger partial charge in [-0.1, -0.05) is 23.4 Å². The molecule has 6 heteroatoms. The van der Waals surface area contributed by atoms with Crippen molar-refractivity contribution in [3.05, 3.63) is 47.3 Å². The van der Waals surface area contributed by atoms with E-state index in [-0.39, 0.29) is 5.91 Å². The molecule has 3 rings (SSSR count). The van der Waals surface area contributed by atoms with Crippen molar-refractivity contribution in [3.8, 4) is 5.75 Å². The molecule has 0 aliphatic carbocycles. The van der Waals surface area contributed by atoms with Crippen molar-refractivity contribution in [2.45, 2.75) is 26.3 Å². The maximum Gasteiger partial charge on any atom is 0.222 e. The van der Waals surface area contributed by atoms with Gasteiger partial charge in [0.15, 0.2) is 0 Å². The highest BCUT2D eigenvalue weighted by Gasteiger charge is 2.22. The summed E-state index contributed by atoms with van der Waals surface area (Å²) >= 11 is 0. The van der Waals surface area contributed by atoms with Gasteiger partial charge in [0, 0.05) is 44.7 Å². The van der Waals surface area contributed by atoms with E-state index in [1.807, 2.05) is 36.1 Å². The Morgan fingerprint density at radius 1 is 1.20 bits per heavy atom. The maximum absolute atomic E-state index is 12.5. The topological polar surface area (TPSA) is 58.8 Å². The fraction of sp³-hybridized carbons (Fsp3) is 0.474. The number of hydrogen-bond acceptors (Lipinski definition) is 5. The first-order chi connectivity index (χ1) is 12.2. The van der Waals surface area contributed by atoms with Crippen LogP contribution < -0.4 is 4.74 Å². The van der Waals surface area contributed by atoms with Crippen LogP contribution in [0, 0.1) is 6.92 Å². The number of aromatic nitrogens is 1. The molecular weight excluding hydrogens is 318 g/mol. The van der Waals surface area contributed by atoms with Crippen LogP contribution in [-0.2, 0) is 17.8 Å². The lowest BCUT2D eigenvalue weighted by molar-refractivity contribution is -0.133. The second-order valence-electron chi connectivity index (χ2n) is 6.38. The quantitative estimate of drug-likeness (QED) is 0.805. The second kappa shape index (κ2) is 8.16. The summed E-state index contributed by atoms with van der Waals surface area (Å²) in [5, 5.41) is 3.82. The van der Waals surface area contributed by atoms with Crippen molar-refractivity contribution in [1.29, 1.82) is 0 Å². The van der Waals surface area contributed by atoms with Crippen molar-refractivity contribution >= 4 is 5.91 Å². The average Bonchev–Trinajstić information content (AvgIpc) is 3.05. The Morgan fingerprint density at radius 2 is 1.96 bits per heavy atom. The molecule has 1 aromatic heterocycles. The average molecular weight is 343 g/mol. The van der Waals surface area contributed by atoms with Gasteiger partial charge in [0.25, 0.3) is 0 Å². The highest BCUT2D eigenvalue weighted by molar-refractivity contribution is 5.76. The van der Waals surface area contributed by atoms with Crippen LogP contribution in [0.3, 0.4) is 0 Å². The Hall–Kier alpha value is -2.34. The summed E-state index contributed by atoms with van der Waals surface area (Å²) in [4.78, 5) is 16.8. The van der Waals surface area contributed by atoms with Crippen molar-refractivity contribution < 1.29 is 14.1 Å². The first-order valence-corrected chi connectivity index (χ1v) is 8.69. The number of hydrogen-bond donors (Lipinski definition) is 0. The molecule has 0 N–H and O–H groups in total. The fourth-order valence-corrected chi connectivity index (χ4v) is 3.18. The van der Waals surface area contributed by atoms with Crippen molar-refractivity contribution in [1.82, 2.24) is 15.0 Å². The van der Waals surface area contributed by atoms with Gasteiger partial charge in [0.05, 0.1) is 13.3 Å². The van der Waals surface area contributed by atoms with Crippen LogP contribution >= 0.6 is 0 Å². The van der Waals surface area contributed by atoms with E-state index < -0.39 is 0 Å². The zero-order valence-electron chi connectivity index (χ0n) is 14.9. The number of carbonyl (C=O) groups is 1. The van der Waals surface area contributed by atoms with Crippen LogP contribution in [0.2, 0.25) is 0 Å². The number of ether oxygens (including phenoxy) is 1. The summed E-state index contributed by atoms with van der Waals surface area (Å²) in [6.07, 6.45) is 3.01. The summed E-state index contributed by atoms with van der Waals surface area (Å²) in [5.41, 5.74) is 2.20. The van der Waals surface area contributed by atoms with Crippen LogP contribution in [0.1, 0.15) is 23.3 Å². The molecule has 0 spiro atoms. The molecule has 0 atom stereocenters. The van der Waals surface area contributed by atoms with Gasteiger partial charge in [0.1, 0.15) is 11.5 Å². The predicted molar refractivity (Wildman–Crippen MR) is 94.4 cm³/mol. The first kappa shape index (κ1) is 17.5. The molecule has 0 unspecified atom stereocenters. The Bertz CT molecular complexity index is 705. The molecular formula is C19H25N3O3. The first-order valence-electron chi connectivity index (χ1n) is 8.69. The number of piperazine rings is 1. The molecule has 6 nitrogen and oxygen atoms in total. The number of aryl methyl sites for hydroxylation is 2. The highest BCUT2D eigenvalue weighted by atomic mass is 16.5. The van der Waals surface area contributed by atoms with Gasteiger partial charge in [-0.25, -0.2) is 0 Å². The van der Waals surface area contributed by atoms with Crippen molar-refractivity contribution in [2.75, 3.05) is 33.3 Å². The van der Waals surface area contributed by atoms with E-state index in [0.717, 1.165) is 55.4 Å². The fourth-order valence-electron chi connectivity index (χ4n) is 3.18. The summed E-state index contributed by atoms with van der Waals surface area (Å²) in [6, 6.07) is 7.88. The minimum absolute atomic E-state index is 0.215. The molecule has 1 aromatic carbocycles. The van der Waals surface area contributed by atoms with E-state index in [2.05, 4.69) is 10.1 Å². The molecule has 134 valence electrons. The normalized spacial score (nSPS) is 15.4. The maximum atomic E-state index is 12.5. The number of benzene rings is 1. The Balaban J connectivity index is 1.46. The Labute approximate surface area is 148 Å². The SMILES string of the molecule is COc1ccccc1CCC(=O)N1CCN(Cc2cnoc2C)CC1. The van der Waals surface area contributed by atoms with Gasteiger partial charge in [-0.3, -0.25) is 9.69 Å². The standard InChI is InChI=1S/C19H25N3O3/c1-15-17(13-20-25-15)14-21-9-11-22(12-10-21)19(23)8-7-16-5-3-4-6-18(16)24-2/h3-6,13H,7-12,14H2,1-2H3. The summed E-state index contributed by atoms with van der Waals surface area (Å²) < 4.78 is 10.5. The van der Waals surface area contributed by atoms with Crippen LogP contribution in [0.4, 0.5) is 0 Å². The molecule has 1 saturated heterocycles. The molecule has 2 heterocycles. The van der Waals surface area contributed by atoms with Gasteiger partial charge < -0.3 is 14.2 Å². The minimum atomic E-state index is 0.215. The van der Waals surface area contributed by atoms with Crippen LogP contribution in [0.15, 0.2) is 35.0 Å². The highest BCUT2D eigenvalue weighted by Crippen LogP contribution is 2.19. The van der Waals surface area contributed by atoms with E-state index in [4.69, 9.17) is 9.26 Å². The zero-order valence-corrected chi connectivity index (χ0v) is 14.9. The monoisotopic (exact) mass is 343 g/mol. The largest absolute Gasteiger partial charge is 0.496 e. The molecule has 0 saturated carbocycles.